The molecule has 0 amide bonds. The summed E-state index contributed by atoms with van der Waals surface area (Å²) < 4.78 is 19.2. The largest absolute Gasteiger partial charge is 0.459 e. The molecule has 0 radical (unpaired) electrons. The first-order valence-electron chi connectivity index (χ1n) is 5.89. The lowest BCUT2D eigenvalue weighted by Crippen LogP contribution is -2.00. The van der Waals surface area contributed by atoms with E-state index in [0.717, 1.165) is 16.7 Å². The molecule has 96 valence electrons. The Morgan fingerprint density at radius 3 is 2.79 bits per heavy atom. The summed E-state index contributed by atoms with van der Waals surface area (Å²) in [7, 11) is 0. The molecule has 0 fully saturated rings. The summed E-state index contributed by atoms with van der Waals surface area (Å²) in [5.74, 6) is 0.418. The number of para-hydroxylation sites is 1. The molecule has 1 heterocycles. The van der Waals surface area contributed by atoms with Gasteiger partial charge in [0.15, 0.2) is 0 Å². The number of nitrogens with one attached hydrogen (secondary N) is 1. The minimum atomic E-state index is -0.333. The molecule has 0 unspecified atom stereocenters. The molecule has 2 nitrogen and oxygen atoms in total. The van der Waals surface area contributed by atoms with Crippen molar-refractivity contribution in [3.8, 4) is 0 Å². The van der Waals surface area contributed by atoms with E-state index in [1.165, 1.54) is 12.1 Å². The van der Waals surface area contributed by atoms with Gasteiger partial charge >= 0.3 is 0 Å². The van der Waals surface area contributed by atoms with Gasteiger partial charge in [-0.1, -0.05) is 29.8 Å². The second-order valence-electron chi connectivity index (χ2n) is 4.23. The van der Waals surface area contributed by atoms with Crippen molar-refractivity contribution in [1.82, 2.24) is 0 Å². The summed E-state index contributed by atoms with van der Waals surface area (Å²) in [5.41, 5.74) is 1.19. The first-order valence-corrected chi connectivity index (χ1v) is 6.26. The summed E-state index contributed by atoms with van der Waals surface area (Å²) >= 11 is 5.83. The van der Waals surface area contributed by atoms with Crippen molar-refractivity contribution in [3.63, 3.8) is 0 Å². The van der Waals surface area contributed by atoms with E-state index in [2.05, 4.69) is 5.32 Å². The van der Waals surface area contributed by atoms with E-state index in [4.69, 9.17) is 16.0 Å². The molecule has 19 heavy (non-hydrogen) atoms. The molecular weight excluding hydrogens is 265 g/mol. The van der Waals surface area contributed by atoms with Gasteiger partial charge in [-0.3, -0.25) is 0 Å². The molecule has 0 atom stereocenters. The van der Waals surface area contributed by atoms with Gasteiger partial charge < -0.3 is 9.73 Å². The average molecular weight is 276 g/mol. The Hall–Kier alpha value is -2.00. The lowest BCUT2D eigenvalue weighted by Gasteiger charge is -2.05. The molecule has 0 aliphatic rings. The lowest BCUT2D eigenvalue weighted by atomic mass is 10.2. The smallest absolute Gasteiger partial charge is 0.146 e. The first-order chi connectivity index (χ1) is 9.22. The first kappa shape index (κ1) is 12.1. The SMILES string of the molecule is Fc1ccc(Cl)cc1NCc1cc2ccccc2o1. The van der Waals surface area contributed by atoms with Crippen LogP contribution in [0.15, 0.2) is 52.9 Å². The fraction of sp³-hybridized carbons (Fsp3) is 0.0667. The van der Waals surface area contributed by atoms with Crippen molar-refractivity contribution in [3.05, 3.63) is 65.1 Å². The van der Waals surface area contributed by atoms with E-state index < -0.39 is 0 Å². The summed E-state index contributed by atoms with van der Waals surface area (Å²) in [6.07, 6.45) is 0. The number of rotatable bonds is 3. The van der Waals surface area contributed by atoms with E-state index in [1.807, 2.05) is 30.3 Å². The van der Waals surface area contributed by atoms with Crippen LogP contribution in [0.3, 0.4) is 0 Å². The Morgan fingerprint density at radius 2 is 1.95 bits per heavy atom. The molecule has 0 aliphatic carbocycles. The normalized spacial score (nSPS) is 10.8. The molecule has 3 aromatic rings. The fourth-order valence-electron chi connectivity index (χ4n) is 1.94. The molecule has 0 aliphatic heterocycles. The van der Waals surface area contributed by atoms with Gasteiger partial charge in [0, 0.05) is 10.4 Å². The van der Waals surface area contributed by atoms with Gasteiger partial charge in [-0.25, -0.2) is 4.39 Å². The molecule has 0 bridgehead atoms. The molecule has 4 heteroatoms. The number of hydrogen-bond acceptors (Lipinski definition) is 2. The second-order valence-corrected chi connectivity index (χ2v) is 4.66. The number of hydrogen-bond donors (Lipinski definition) is 1. The number of benzene rings is 2. The van der Waals surface area contributed by atoms with Crippen molar-refractivity contribution < 1.29 is 8.81 Å². The third-order valence-corrected chi connectivity index (χ3v) is 3.09. The maximum absolute atomic E-state index is 13.5. The molecule has 1 N–H and O–H groups in total. The van der Waals surface area contributed by atoms with E-state index in [9.17, 15) is 4.39 Å². The van der Waals surface area contributed by atoms with Crippen molar-refractivity contribution in [2.24, 2.45) is 0 Å². The van der Waals surface area contributed by atoms with Crippen LogP contribution in [0, 0.1) is 5.82 Å². The number of halogens is 2. The van der Waals surface area contributed by atoms with E-state index in [0.29, 0.717) is 17.3 Å². The van der Waals surface area contributed by atoms with Gasteiger partial charge in [0.05, 0.1) is 12.2 Å². The monoisotopic (exact) mass is 275 g/mol. The van der Waals surface area contributed by atoms with Crippen LogP contribution >= 0.6 is 11.6 Å². The van der Waals surface area contributed by atoms with Crippen LogP contribution in [0.25, 0.3) is 11.0 Å². The molecule has 0 saturated heterocycles. The highest BCUT2D eigenvalue weighted by Gasteiger charge is 2.05. The van der Waals surface area contributed by atoms with Gasteiger partial charge in [0.2, 0.25) is 0 Å². The lowest BCUT2D eigenvalue weighted by molar-refractivity contribution is 0.558. The Morgan fingerprint density at radius 1 is 1.11 bits per heavy atom. The van der Waals surface area contributed by atoms with Crippen LogP contribution in [-0.2, 0) is 6.54 Å². The second kappa shape index (κ2) is 4.94. The third kappa shape index (κ3) is 2.56. The minimum absolute atomic E-state index is 0.333. The summed E-state index contributed by atoms with van der Waals surface area (Å²) in [6.45, 7) is 0.409. The zero-order chi connectivity index (χ0) is 13.2. The molecule has 1 aromatic heterocycles. The van der Waals surface area contributed by atoms with Gasteiger partial charge in [0.25, 0.3) is 0 Å². The van der Waals surface area contributed by atoms with Gasteiger partial charge in [0.1, 0.15) is 17.2 Å². The highest BCUT2D eigenvalue weighted by molar-refractivity contribution is 6.30. The van der Waals surface area contributed by atoms with Crippen LogP contribution in [0.4, 0.5) is 10.1 Å². The zero-order valence-corrected chi connectivity index (χ0v) is 10.7. The van der Waals surface area contributed by atoms with Crippen LogP contribution in [0.2, 0.25) is 5.02 Å². The molecular formula is C15H11ClFNO. The standard InChI is InChI=1S/C15H11ClFNO/c16-11-5-6-13(17)14(8-11)18-9-12-7-10-3-1-2-4-15(10)19-12/h1-8,18H,9H2. The molecule has 0 saturated carbocycles. The van der Waals surface area contributed by atoms with Crippen molar-refractivity contribution in [2.75, 3.05) is 5.32 Å². The third-order valence-electron chi connectivity index (χ3n) is 2.86. The zero-order valence-electron chi connectivity index (χ0n) is 9.99. The molecule has 0 spiro atoms. The summed E-state index contributed by atoms with van der Waals surface area (Å²) in [6, 6.07) is 14.1. The highest BCUT2D eigenvalue weighted by Crippen LogP contribution is 2.22. The Bertz CT molecular complexity index is 690. The van der Waals surface area contributed by atoms with Crippen molar-refractivity contribution >= 4 is 28.3 Å². The topological polar surface area (TPSA) is 25.2 Å². The maximum atomic E-state index is 13.5. The van der Waals surface area contributed by atoms with Gasteiger partial charge in [-0.05, 0) is 30.3 Å². The van der Waals surface area contributed by atoms with Crippen LogP contribution in [-0.4, -0.2) is 0 Å². The van der Waals surface area contributed by atoms with E-state index >= 15 is 0 Å². The number of anilines is 1. The number of furan rings is 1. The van der Waals surface area contributed by atoms with Crippen molar-refractivity contribution in [1.29, 1.82) is 0 Å². The van der Waals surface area contributed by atoms with Gasteiger partial charge in [-0.15, -0.1) is 0 Å². The molecule has 2 aromatic carbocycles. The Labute approximate surface area is 114 Å². The number of fused-ring (bicyclic) bond motifs is 1. The van der Waals surface area contributed by atoms with E-state index in [1.54, 1.807) is 6.07 Å². The summed E-state index contributed by atoms with van der Waals surface area (Å²) in [5, 5.41) is 4.51. The predicted octanol–water partition coefficient (Wildman–Crippen LogP) is 4.84. The van der Waals surface area contributed by atoms with Crippen LogP contribution in [0.1, 0.15) is 5.76 Å². The molecule has 3 rings (SSSR count). The quantitative estimate of drug-likeness (QED) is 0.740. The summed E-state index contributed by atoms with van der Waals surface area (Å²) in [4.78, 5) is 0. The van der Waals surface area contributed by atoms with Crippen molar-refractivity contribution in [2.45, 2.75) is 6.54 Å². The fourth-order valence-corrected chi connectivity index (χ4v) is 2.11. The predicted molar refractivity (Wildman–Crippen MR) is 75.0 cm³/mol. The Kier molecular flexibility index (Phi) is 3.13. The Balaban J connectivity index is 1.80. The van der Waals surface area contributed by atoms with Crippen LogP contribution < -0.4 is 5.32 Å². The average Bonchev–Trinajstić information content (AvgIpc) is 2.82. The highest BCUT2D eigenvalue weighted by atomic mass is 35.5. The van der Waals surface area contributed by atoms with Gasteiger partial charge in [-0.2, -0.15) is 0 Å². The maximum Gasteiger partial charge on any atom is 0.146 e. The van der Waals surface area contributed by atoms with Crippen LogP contribution in [0.5, 0.6) is 0 Å². The minimum Gasteiger partial charge on any atom is -0.459 e. The van der Waals surface area contributed by atoms with E-state index in [-0.39, 0.29) is 5.82 Å².